The molecule has 1 rings (SSSR count). The first-order chi connectivity index (χ1) is 10.8. The molecule has 0 fully saturated rings. The van der Waals surface area contributed by atoms with Crippen molar-refractivity contribution in [3.63, 3.8) is 0 Å². The van der Waals surface area contributed by atoms with Gasteiger partial charge in [-0.15, -0.1) is 0 Å². The van der Waals surface area contributed by atoms with Crippen LogP contribution in [0.15, 0.2) is 29.4 Å². The van der Waals surface area contributed by atoms with E-state index in [1.165, 1.54) is 21.1 Å². The average Bonchev–Trinajstić information content (AvgIpc) is 2.53. The number of carbonyl (C=O) groups excluding carboxylic acids is 2. The molecular formula is C17H23NO5. The minimum atomic E-state index is -0.513. The summed E-state index contributed by atoms with van der Waals surface area (Å²) < 4.78 is 9.21. The summed E-state index contributed by atoms with van der Waals surface area (Å²) in [6, 6.07) is 7.24. The molecule has 1 aromatic rings. The van der Waals surface area contributed by atoms with Crippen LogP contribution in [0.1, 0.15) is 36.7 Å². The Hall–Kier alpha value is -2.37. The van der Waals surface area contributed by atoms with Gasteiger partial charge < -0.3 is 14.3 Å². The first-order valence-electron chi connectivity index (χ1n) is 7.21. The van der Waals surface area contributed by atoms with E-state index < -0.39 is 5.97 Å². The SMILES string of the molecule is COC(=O)/C(C)=N/OCC(C)(C)Cc1ccc(C(=O)OC)cc1. The summed E-state index contributed by atoms with van der Waals surface area (Å²) in [4.78, 5) is 27.8. The van der Waals surface area contributed by atoms with Gasteiger partial charge in [-0.05, 0) is 31.0 Å². The van der Waals surface area contributed by atoms with Crippen LogP contribution in [0.2, 0.25) is 0 Å². The topological polar surface area (TPSA) is 74.2 Å². The van der Waals surface area contributed by atoms with E-state index >= 15 is 0 Å². The van der Waals surface area contributed by atoms with Crippen LogP contribution >= 0.6 is 0 Å². The van der Waals surface area contributed by atoms with Gasteiger partial charge in [-0.25, -0.2) is 9.59 Å². The van der Waals surface area contributed by atoms with E-state index in [0.29, 0.717) is 12.2 Å². The number of nitrogens with zero attached hydrogens (tertiary/aromatic N) is 1. The second-order valence-electron chi connectivity index (χ2n) is 5.97. The Morgan fingerprint density at radius 2 is 1.70 bits per heavy atom. The van der Waals surface area contributed by atoms with E-state index in [0.717, 1.165) is 12.0 Å². The van der Waals surface area contributed by atoms with Gasteiger partial charge in [0.1, 0.15) is 6.61 Å². The van der Waals surface area contributed by atoms with Gasteiger partial charge >= 0.3 is 11.9 Å². The lowest BCUT2D eigenvalue weighted by atomic mass is 9.86. The average molecular weight is 321 g/mol. The van der Waals surface area contributed by atoms with Crippen LogP contribution in [-0.2, 0) is 25.5 Å². The van der Waals surface area contributed by atoms with Crippen LogP contribution in [0.3, 0.4) is 0 Å². The third-order valence-corrected chi connectivity index (χ3v) is 3.20. The molecule has 0 aliphatic rings. The van der Waals surface area contributed by atoms with Gasteiger partial charge in [0.25, 0.3) is 0 Å². The maximum atomic E-state index is 11.4. The Morgan fingerprint density at radius 1 is 1.09 bits per heavy atom. The van der Waals surface area contributed by atoms with E-state index in [4.69, 9.17) is 4.84 Å². The number of benzene rings is 1. The summed E-state index contributed by atoms with van der Waals surface area (Å²) in [5.41, 5.74) is 1.57. The van der Waals surface area contributed by atoms with Crippen molar-refractivity contribution < 1.29 is 23.9 Å². The maximum Gasteiger partial charge on any atom is 0.355 e. The molecule has 6 heteroatoms. The molecule has 23 heavy (non-hydrogen) atoms. The molecule has 0 aliphatic heterocycles. The lowest BCUT2D eigenvalue weighted by Gasteiger charge is -2.23. The number of hydrogen-bond donors (Lipinski definition) is 0. The van der Waals surface area contributed by atoms with Crippen LogP contribution in [0.4, 0.5) is 0 Å². The molecular weight excluding hydrogens is 298 g/mol. The number of esters is 2. The van der Waals surface area contributed by atoms with Gasteiger partial charge in [-0.2, -0.15) is 0 Å². The molecule has 0 aliphatic carbocycles. The molecule has 1 aromatic carbocycles. The van der Waals surface area contributed by atoms with Crippen molar-refractivity contribution in [2.75, 3.05) is 20.8 Å². The minimum absolute atomic E-state index is 0.172. The molecule has 0 saturated carbocycles. The summed E-state index contributed by atoms with van der Waals surface area (Å²) in [6.07, 6.45) is 0.737. The minimum Gasteiger partial charge on any atom is -0.465 e. The fourth-order valence-electron chi connectivity index (χ4n) is 1.97. The zero-order valence-corrected chi connectivity index (χ0v) is 14.2. The first kappa shape index (κ1) is 18.7. The number of hydrogen-bond acceptors (Lipinski definition) is 6. The summed E-state index contributed by atoms with van der Waals surface area (Å²) in [5, 5.41) is 3.75. The molecule has 0 amide bonds. The third-order valence-electron chi connectivity index (χ3n) is 3.20. The summed E-state index contributed by atoms with van der Waals surface area (Å²) in [6.45, 7) is 5.94. The van der Waals surface area contributed by atoms with Crippen LogP contribution < -0.4 is 0 Å². The van der Waals surface area contributed by atoms with Gasteiger partial charge in [0.15, 0.2) is 5.71 Å². The lowest BCUT2D eigenvalue weighted by molar-refractivity contribution is -0.133. The van der Waals surface area contributed by atoms with E-state index in [2.05, 4.69) is 14.6 Å². The quantitative estimate of drug-likeness (QED) is 0.438. The van der Waals surface area contributed by atoms with Crippen molar-refractivity contribution in [1.29, 1.82) is 0 Å². The molecule has 0 bridgehead atoms. The monoisotopic (exact) mass is 321 g/mol. The number of methoxy groups -OCH3 is 2. The van der Waals surface area contributed by atoms with Gasteiger partial charge in [-0.1, -0.05) is 31.1 Å². The van der Waals surface area contributed by atoms with Crippen LogP contribution in [0.5, 0.6) is 0 Å². The van der Waals surface area contributed by atoms with Crippen LogP contribution in [0.25, 0.3) is 0 Å². The molecule has 0 aromatic heterocycles. The first-order valence-corrected chi connectivity index (χ1v) is 7.21. The second kappa shape index (κ2) is 8.31. The molecule has 0 saturated heterocycles. The maximum absolute atomic E-state index is 11.4. The molecule has 0 heterocycles. The van der Waals surface area contributed by atoms with Crippen LogP contribution in [-0.4, -0.2) is 38.5 Å². The number of ether oxygens (including phenoxy) is 2. The van der Waals surface area contributed by atoms with E-state index in [9.17, 15) is 9.59 Å². The third kappa shape index (κ3) is 6.10. The predicted octanol–water partition coefficient (Wildman–Crippen LogP) is 2.61. The predicted molar refractivity (Wildman–Crippen MR) is 86.3 cm³/mol. The fraction of sp³-hybridized carbons (Fsp3) is 0.471. The number of carbonyl (C=O) groups is 2. The van der Waals surface area contributed by atoms with Crippen LogP contribution in [0, 0.1) is 5.41 Å². The molecule has 0 unspecified atom stereocenters. The molecule has 0 radical (unpaired) electrons. The zero-order valence-electron chi connectivity index (χ0n) is 14.2. The van der Waals surface area contributed by atoms with Crippen molar-refractivity contribution in [3.05, 3.63) is 35.4 Å². The van der Waals surface area contributed by atoms with Crippen molar-refractivity contribution >= 4 is 17.7 Å². The van der Waals surface area contributed by atoms with Crippen molar-refractivity contribution in [3.8, 4) is 0 Å². The molecule has 0 atom stereocenters. The molecule has 126 valence electrons. The number of oxime groups is 1. The van der Waals surface area contributed by atoms with Crippen molar-refractivity contribution in [2.24, 2.45) is 10.6 Å². The van der Waals surface area contributed by atoms with Crippen molar-refractivity contribution in [2.45, 2.75) is 27.2 Å². The smallest absolute Gasteiger partial charge is 0.355 e. The highest BCUT2D eigenvalue weighted by Crippen LogP contribution is 2.22. The molecule has 6 nitrogen and oxygen atoms in total. The highest BCUT2D eigenvalue weighted by Gasteiger charge is 2.20. The van der Waals surface area contributed by atoms with Gasteiger partial charge in [0.2, 0.25) is 0 Å². The van der Waals surface area contributed by atoms with E-state index in [1.54, 1.807) is 12.1 Å². The Balaban J connectivity index is 2.61. The Labute approximate surface area is 136 Å². The fourth-order valence-corrected chi connectivity index (χ4v) is 1.97. The van der Waals surface area contributed by atoms with Gasteiger partial charge in [0.05, 0.1) is 19.8 Å². The standard InChI is InChI=1S/C17H23NO5/c1-12(15(19)21-4)18-23-11-17(2,3)10-13-6-8-14(9-7-13)16(20)22-5/h6-9H,10-11H2,1-5H3/b18-12+. The lowest BCUT2D eigenvalue weighted by Crippen LogP contribution is -2.22. The van der Waals surface area contributed by atoms with Gasteiger partial charge in [0, 0.05) is 5.41 Å². The summed E-state index contributed by atoms with van der Waals surface area (Å²) in [5.74, 6) is -0.868. The molecule has 0 spiro atoms. The largest absolute Gasteiger partial charge is 0.465 e. The Morgan fingerprint density at radius 3 is 2.22 bits per heavy atom. The second-order valence-corrected chi connectivity index (χ2v) is 5.97. The summed E-state index contributed by atoms with van der Waals surface area (Å²) in [7, 11) is 2.65. The Bertz CT molecular complexity index is 575. The molecule has 0 N–H and O–H groups in total. The zero-order chi connectivity index (χ0) is 17.5. The van der Waals surface area contributed by atoms with E-state index in [1.807, 2.05) is 26.0 Å². The Kier molecular flexibility index (Phi) is 6.75. The van der Waals surface area contributed by atoms with Crippen molar-refractivity contribution in [1.82, 2.24) is 0 Å². The van der Waals surface area contributed by atoms with Gasteiger partial charge in [-0.3, -0.25) is 0 Å². The normalized spacial score (nSPS) is 11.8. The highest BCUT2D eigenvalue weighted by atomic mass is 16.6. The number of rotatable bonds is 7. The highest BCUT2D eigenvalue weighted by molar-refractivity contribution is 6.35. The summed E-state index contributed by atoms with van der Waals surface area (Å²) >= 11 is 0. The van der Waals surface area contributed by atoms with E-state index in [-0.39, 0.29) is 17.1 Å².